The Morgan fingerprint density at radius 2 is 1.74 bits per heavy atom. The number of nitriles is 1. The van der Waals surface area contributed by atoms with E-state index in [1.165, 1.54) is 32.1 Å². The summed E-state index contributed by atoms with van der Waals surface area (Å²) in [6, 6.07) is 2.21. The monoisotopic (exact) mass is 260 g/mol. The molecule has 1 heterocycles. The minimum Gasteiger partial charge on any atom is -0.367 e. The Balaban J connectivity index is 2.38. The van der Waals surface area contributed by atoms with E-state index < -0.39 is 0 Å². The van der Waals surface area contributed by atoms with Crippen molar-refractivity contribution in [1.82, 2.24) is 10.2 Å². The number of nitrogens with one attached hydrogen (secondary N) is 1. The second-order valence-electron chi connectivity index (χ2n) is 4.94. The van der Waals surface area contributed by atoms with E-state index in [1.807, 2.05) is 13.8 Å². The maximum atomic E-state index is 9.17. The van der Waals surface area contributed by atoms with Gasteiger partial charge in [0.25, 0.3) is 0 Å². The molecule has 0 radical (unpaired) electrons. The van der Waals surface area contributed by atoms with Gasteiger partial charge in [0.2, 0.25) is 0 Å². The van der Waals surface area contributed by atoms with E-state index in [0.29, 0.717) is 11.4 Å². The Bertz CT molecular complexity index is 435. The third kappa shape index (κ3) is 4.86. The van der Waals surface area contributed by atoms with E-state index in [0.717, 1.165) is 24.2 Å². The van der Waals surface area contributed by atoms with Gasteiger partial charge in [0.05, 0.1) is 5.69 Å². The van der Waals surface area contributed by atoms with Crippen molar-refractivity contribution in [2.75, 3.05) is 11.9 Å². The molecule has 0 aliphatic heterocycles. The average molecular weight is 260 g/mol. The second kappa shape index (κ2) is 8.47. The van der Waals surface area contributed by atoms with Gasteiger partial charge in [-0.1, -0.05) is 39.0 Å². The van der Waals surface area contributed by atoms with Crippen LogP contribution in [0.25, 0.3) is 0 Å². The number of anilines is 1. The number of nitrogens with zero attached hydrogens (tertiary/aromatic N) is 3. The molecule has 1 aromatic heterocycles. The van der Waals surface area contributed by atoms with Crippen molar-refractivity contribution in [3.63, 3.8) is 0 Å². The molecule has 0 spiro atoms. The Morgan fingerprint density at radius 1 is 1.05 bits per heavy atom. The van der Waals surface area contributed by atoms with E-state index in [-0.39, 0.29) is 0 Å². The van der Waals surface area contributed by atoms with Gasteiger partial charge in [-0.25, -0.2) is 0 Å². The fraction of sp³-hybridized carbons (Fsp3) is 0.667. The number of hydrogen-bond donors (Lipinski definition) is 1. The zero-order valence-corrected chi connectivity index (χ0v) is 12.3. The standard InChI is InChI=1S/C15H24N4/c1-4-5-6-7-8-9-10-17-15-14(11-16)12(2)13(3)18-19-15/h4-10H2,1-3H3,(H,17,19). The van der Waals surface area contributed by atoms with Crippen LogP contribution in [-0.4, -0.2) is 16.7 Å². The maximum absolute atomic E-state index is 9.17. The van der Waals surface area contributed by atoms with Gasteiger partial charge < -0.3 is 5.32 Å². The van der Waals surface area contributed by atoms with Gasteiger partial charge in [-0.15, -0.1) is 5.10 Å². The first-order valence-corrected chi connectivity index (χ1v) is 7.18. The van der Waals surface area contributed by atoms with Crippen molar-refractivity contribution in [3.05, 3.63) is 16.8 Å². The molecule has 0 amide bonds. The van der Waals surface area contributed by atoms with Crippen molar-refractivity contribution in [2.45, 2.75) is 59.3 Å². The molecule has 1 N–H and O–H groups in total. The van der Waals surface area contributed by atoms with Crippen LogP contribution in [0, 0.1) is 25.2 Å². The molecule has 4 heteroatoms. The summed E-state index contributed by atoms with van der Waals surface area (Å²) in [5, 5.41) is 20.5. The van der Waals surface area contributed by atoms with Crippen LogP contribution in [0.4, 0.5) is 5.82 Å². The molecular formula is C15H24N4. The summed E-state index contributed by atoms with van der Waals surface area (Å²) in [6.07, 6.45) is 7.57. The fourth-order valence-electron chi connectivity index (χ4n) is 1.98. The zero-order chi connectivity index (χ0) is 14.1. The summed E-state index contributed by atoms with van der Waals surface area (Å²) in [7, 11) is 0. The molecule has 0 bridgehead atoms. The predicted octanol–water partition coefficient (Wildman–Crippen LogP) is 3.74. The normalized spacial score (nSPS) is 10.2. The molecule has 19 heavy (non-hydrogen) atoms. The maximum Gasteiger partial charge on any atom is 0.166 e. The minimum absolute atomic E-state index is 0.624. The highest BCUT2D eigenvalue weighted by Crippen LogP contribution is 2.17. The van der Waals surface area contributed by atoms with E-state index in [1.54, 1.807) is 0 Å². The number of unbranched alkanes of at least 4 members (excludes halogenated alkanes) is 5. The van der Waals surface area contributed by atoms with Crippen LogP contribution < -0.4 is 5.32 Å². The van der Waals surface area contributed by atoms with Gasteiger partial charge in [-0.3, -0.25) is 0 Å². The largest absolute Gasteiger partial charge is 0.367 e. The first-order chi connectivity index (χ1) is 9.20. The molecule has 1 aromatic rings. The summed E-state index contributed by atoms with van der Waals surface area (Å²) in [4.78, 5) is 0. The van der Waals surface area contributed by atoms with Gasteiger partial charge in [-0.2, -0.15) is 10.4 Å². The highest BCUT2D eigenvalue weighted by Gasteiger charge is 2.09. The van der Waals surface area contributed by atoms with Crippen molar-refractivity contribution in [1.29, 1.82) is 5.26 Å². The van der Waals surface area contributed by atoms with E-state index in [4.69, 9.17) is 5.26 Å². The van der Waals surface area contributed by atoms with Gasteiger partial charge in [-0.05, 0) is 25.8 Å². The number of aryl methyl sites for hydroxylation is 1. The van der Waals surface area contributed by atoms with Gasteiger partial charge in [0.15, 0.2) is 5.82 Å². The molecular weight excluding hydrogens is 236 g/mol. The molecule has 0 unspecified atom stereocenters. The minimum atomic E-state index is 0.624. The van der Waals surface area contributed by atoms with Gasteiger partial charge in [0.1, 0.15) is 11.6 Å². The summed E-state index contributed by atoms with van der Waals surface area (Å²) in [6.45, 7) is 6.88. The van der Waals surface area contributed by atoms with E-state index in [2.05, 4.69) is 28.5 Å². The Labute approximate surface area is 116 Å². The molecule has 0 saturated carbocycles. The van der Waals surface area contributed by atoms with Crippen molar-refractivity contribution >= 4 is 5.82 Å². The fourth-order valence-corrected chi connectivity index (χ4v) is 1.98. The summed E-state index contributed by atoms with van der Waals surface area (Å²) >= 11 is 0. The second-order valence-corrected chi connectivity index (χ2v) is 4.94. The smallest absolute Gasteiger partial charge is 0.166 e. The van der Waals surface area contributed by atoms with E-state index >= 15 is 0 Å². The molecule has 0 aliphatic rings. The first kappa shape index (κ1) is 15.4. The number of rotatable bonds is 8. The topological polar surface area (TPSA) is 61.6 Å². The molecule has 104 valence electrons. The lowest BCUT2D eigenvalue weighted by molar-refractivity contribution is 0.616. The summed E-state index contributed by atoms with van der Waals surface area (Å²) < 4.78 is 0. The van der Waals surface area contributed by atoms with E-state index in [9.17, 15) is 0 Å². The average Bonchev–Trinajstić information content (AvgIpc) is 2.42. The zero-order valence-electron chi connectivity index (χ0n) is 12.3. The summed E-state index contributed by atoms with van der Waals surface area (Å²) in [5.74, 6) is 0.624. The molecule has 0 saturated heterocycles. The lowest BCUT2D eigenvalue weighted by Crippen LogP contribution is -2.08. The molecule has 0 atom stereocenters. The lowest BCUT2D eigenvalue weighted by atomic mass is 10.1. The van der Waals surface area contributed by atoms with Crippen LogP contribution in [0.1, 0.15) is 62.3 Å². The van der Waals surface area contributed by atoms with Crippen LogP contribution >= 0.6 is 0 Å². The SMILES string of the molecule is CCCCCCCCNc1nnc(C)c(C)c1C#N. The van der Waals surface area contributed by atoms with Crippen LogP contribution in [0.15, 0.2) is 0 Å². The molecule has 0 aromatic carbocycles. The van der Waals surface area contributed by atoms with Crippen molar-refractivity contribution < 1.29 is 0 Å². The third-order valence-electron chi connectivity index (χ3n) is 3.39. The molecule has 4 nitrogen and oxygen atoms in total. The lowest BCUT2D eigenvalue weighted by Gasteiger charge is -2.09. The quantitative estimate of drug-likeness (QED) is 0.723. The van der Waals surface area contributed by atoms with Gasteiger partial charge in [0, 0.05) is 6.54 Å². The van der Waals surface area contributed by atoms with Crippen LogP contribution in [0.3, 0.4) is 0 Å². The Hall–Kier alpha value is -1.63. The Kier molecular flexibility index (Phi) is 6.88. The van der Waals surface area contributed by atoms with Gasteiger partial charge >= 0.3 is 0 Å². The van der Waals surface area contributed by atoms with Crippen LogP contribution in [-0.2, 0) is 0 Å². The number of hydrogen-bond acceptors (Lipinski definition) is 4. The highest BCUT2D eigenvalue weighted by molar-refractivity contribution is 5.55. The number of aromatic nitrogens is 2. The van der Waals surface area contributed by atoms with Crippen LogP contribution in [0.2, 0.25) is 0 Å². The van der Waals surface area contributed by atoms with Crippen molar-refractivity contribution in [3.8, 4) is 6.07 Å². The summed E-state index contributed by atoms with van der Waals surface area (Å²) in [5.41, 5.74) is 2.36. The first-order valence-electron chi connectivity index (χ1n) is 7.18. The third-order valence-corrected chi connectivity index (χ3v) is 3.39. The molecule has 1 rings (SSSR count). The predicted molar refractivity (Wildman–Crippen MR) is 78.1 cm³/mol. The molecule has 0 aliphatic carbocycles. The Morgan fingerprint density at radius 3 is 2.42 bits per heavy atom. The highest BCUT2D eigenvalue weighted by atomic mass is 15.2. The van der Waals surface area contributed by atoms with Crippen molar-refractivity contribution in [2.24, 2.45) is 0 Å². The van der Waals surface area contributed by atoms with Crippen LogP contribution in [0.5, 0.6) is 0 Å². The molecule has 0 fully saturated rings.